The highest BCUT2D eigenvalue weighted by Crippen LogP contribution is 2.24. The molecule has 2 aromatic rings. The molecule has 3 nitrogen and oxygen atoms in total. The van der Waals surface area contributed by atoms with Gasteiger partial charge in [-0.05, 0) is 51.8 Å². The van der Waals surface area contributed by atoms with Gasteiger partial charge in [0, 0.05) is 16.5 Å². The van der Waals surface area contributed by atoms with Gasteiger partial charge in [0.2, 0.25) is 0 Å². The van der Waals surface area contributed by atoms with Crippen molar-refractivity contribution in [3.05, 3.63) is 58.1 Å². The first-order valence-corrected chi connectivity index (χ1v) is 6.93. The minimum Gasteiger partial charge on any atom is -0.497 e. The third-order valence-corrected chi connectivity index (χ3v) is 3.63. The van der Waals surface area contributed by atoms with E-state index >= 15 is 0 Å². The summed E-state index contributed by atoms with van der Waals surface area (Å²) in [4.78, 5) is 12.3. The summed E-state index contributed by atoms with van der Waals surface area (Å²) in [5.41, 5.74) is 1.57. The smallest absolute Gasteiger partial charge is 0.168 e. The molecule has 0 aromatic heterocycles. The van der Waals surface area contributed by atoms with Crippen LogP contribution in [0.15, 0.2) is 46.9 Å². The quantitative estimate of drug-likeness (QED) is 0.778. The lowest BCUT2D eigenvalue weighted by molar-refractivity contribution is 0.0992. The van der Waals surface area contributed by atoms with Crippen molar-refractivity contribution >= 4 is 21.7 Å². The fourth-order valence-corrected chi connectivity index (χ4v) is 2.49. The lowest BCUT2D eigenvalue weighted by atomic mass is 10.0. The van der Waals surface area contributed by atoms with Crippen LogP contribution in [0.3, 0.4) is 0 Å². The van der Waals surface area contributed by atoms with Crippen LogP contribution in [-0.4, -0.2) is 20.0 Å². The van der Waals surface area contributed by atoms with E-state index in [2.05, 4.69) is 15.9 Å². The molecule has 0 bridgehead atoms. The number of carbonyl (C=O) groups is 1. The summed E-state index contributed by atoms with van der Waals surface area (Å²) >= 11 is 3.40. The van der Waals surface area contributed by atoms with Gasteiger partial charge in [-0.15, -0.1) is 0 Å². The molecule has 0 aliphatic carbocycles. The van der Waals surface area contributed by atoms with Crippen molar-refractivity contribution in [1.82, 2.24) is 0 Å². The van der Waals surface area contributed by atoms with Gasteiger partial charge in [-0.25, -0.2) is 0 Å². The molecule has 20 heavy (non-hydrogen) atoms. The van der Waals surface area contributed by atoms with E-state index in [0.29, 0.717) is 12.0 Å². The van der Waals surface area contributed by atoms with Crippen LogP contribution in [0.5, 0.6) is 11.5 Å². The van der Waals surface area contributed by atoms with Crippen molar-refractivity contribution in [2.75, 3.05) is 14.2 Å². The molecule has 0 aliphatic rings. The average Bonchev–Trinajstić information content (AvgIpc) is 2.47. The number of hydrogen-bond donors (Lipinski definition) is 0. The van der Waals surface area contributed by atoms with Crippen LogP contribution >= 0.6 is 15.9 Å². The largest absolute Gasteiger partial charge is 0.497 e. The summed E-state index contributed by atoms with van der Waals surface area (Å²) in [6, 6.07) is 12.9. The number of Topliss-reactive ketones (excluding diaryl/α,β-unsaturated/α-hetero) is 1. The van der Waals surface area contributed by atoms with Gasteiger partial charge in [0.25, 0.3) is 0 Å². The van der Waals surface area contributed by atoms with E-state index in [-0.39, 0.29) is 5.78 Å². The third kappa shape index (κ3) is 3.39. The van der Waals surface area contributed by atoms with E-state index in [1.807, 2.05) is 24.3 Å². The Kier molecular flexibility index (Phi) is 4.79. The first-order valence-electron chi connectivity index (χ1n) is 6.13. The molecular formula is C16H15BrO3. The third-order valence-electron chi connectivity index (χ3n) is 2.98. The Hall–Kier alpha value is -1.81. The molecule has 104 valence electrons. The van der Waals surface area contributed by atoms with Crippen molar-refractivity contribution in [3.8, 4) is 11.5 Å². The molecule has 0 heterocycles. The van der Waals surface area contributed by atoms with Crippen molar-refractivity contribution < 1.29 is 14.3 Å². The standard InChI is InChI=1S/C16H15BrO3/c1-19-12-5-3-4-11(8-12)9-16(18)14-7-6-13(20-2)10-15(14)17/h3-8,10H,9H2,1-2H3. The Bertz CT molecular complexity index is 623. The monoisotopic (exact) mass is 334 g/mol. The van der Waals surface area contributed by atoms with E-state index in [0.717, 1.165) is 21.5 Å². The molecule has 0 amide bonds. The Labute approximate surface area is 126 Å². The highest BCUT2D eigenvalue weighted by atomic mass is 79.9. The zero-order valence-corrected chi connectivity index (χ0v) is 12.9. The molecule has 0 unspecified atom stereocenters. The SMILES string of the molecule is COc1cccc(CC(=O)c2ccc(OC)cc2Br)c1. The van der Waals surface area contributed by atoms with Gasteiger partial charge in [-0.3, -0.25) is 4.79 Å². The zero-order chi connectivity index (χ0) is 14.5. The Morgan fingerprint density at radius 1 is 1.05 bits per heavy atom. The van der Waals surface area contributed by atoms with Gasteiger partial charge in [-0.1, -0.05) is 12.1 Å². The predicted molar refractivity (Wildman–Crippen MR) is 81.7 cm³/mol. The van der Waals surface area contributed by atoms with E-state index in [9.17, 15) is 4.79 Å². The number of benzene rings is 2. The number of methoxy groups -OCH3 is 2. The first kappa shape index (κ1) is 14.6. The van der Waals surface area contributed by atoms with Gasteiger partial charge >= 0.3 is 0 Å². The van der Waals surface area contributed by atoms with Gasteiger partial charge in [0.15, 0.2) is 5.78 Å². The minimum absolute atomic E-state index is 0.0489. The first-order chi connectivity index (χ1) is 9.63. The molecule has 2 rings (SSSR count). The summed E-state index contributed by atoms with van der Waals surface area (Å²) in [5.74, 6) is 1.52. The normalized spacial score (nSPS) is 10.2. The minimum atomic E-state index is 0.0489. The fourth-order valence-electron chi connectivity index (χ4n) is 1.91. The topological polar surface area (TPSA) is 35.5 Å². The van der Waals surface area contributed by atoms with Crippen LogP contribution in [0, 0.1) is 0 Å². The molecule has 0 aliphatic heterocycles. The van der Waals surface area contributed by atoms with Crippen molar-refractivity contribution in [3.63, 3.8) is 0 Å². The molecule has 0 N–H and O–H groups in total. The van der Waals surface area contributed by atoms with Gasteiger partial charge in [-0.2, -0.15) is 0 Å². The molecule has 4 heteroatoms. The molecule has 0 saturated carbocycles. The van der Waals surface area contributed by atoms with Crippen molar-refractivity contribution in [2.24, 2.45) is 0 Å². The maximum atomic E-state index is 12.3. The second-order valence-electron chi connectivity index (χ2n) is 4.30. The van der Waals surface area contributed by atoms with Crippen LogP contribution in [0.2, 0.25) is 0 Å². The molecule has 2 aromatic carbocycles. The molecule has 0 atom stereocenters. The van der Waals surface area contributed by atoms with Crippen LogP contribution in [-0.2, 0) is 6.42 Å². The molecular weight excluding hydrogens is 320 g/mol. The number of rotatable bonds is 5. The average molecular weight is 335 g/mol. The van der Waals surface area contributed by atoms with Crippen molar-refractivity contribution in [1.29, 1.82) is 0 Å². The summed E-state index contributed by atoms with van der Waals surface area (Å²) in [6.45, 7) is 0. The zero-order valence-electron chi connectivity index (χ0n) is 11.4. The van der Waals surface area contributed by atoms with E-state index in [1.165, 1.54) is 0 Å². The highest BCUT2D eigenvalue weighted by molar-refractivity contribution is 9.10. The van der Waals surface area contributed by atoms with Gasteiger partial charge in [0.05, 0.1) is 14.2 Å². The summed E-state index contributed by atoms with van der Waals surface area (Å²) in [5, 5.41) is 0. The summed E-state index contributed by atoms with van der Waals surface area (Å²) in [7, 11) is 3.21. The van der Waals surface area contributed by atoms with Crippen LogP contribution in [0.1, 0.15) is 15.9 Å². The lowest BCUT2D eigenvalue weighted by Gasteiger charge is -2.07. The van der Waals surface area contributed by atoms with Crippen molar-refractivity contribution in [2.45, 2.75) is 6.42 Å². The number of ketones is 1. The molecule has 0 spiro atoms. The molecule has 0 saturated heterocycles. The Morgan fingerprint density at radius 2 is 1.75 bits per heavy atom. The molecule has 0 radical (unpaired) electrons. The number of carbonyl (C=O) groups excluding carboxylic acids is 1. The lowest BCUT2D eigenvalue weighted by Crippen LogP contribution is -2.04. The highest BCUT2D eigenvalue weighted by Gasteiger charge is 2.12. The second kappa shape index (κ2) is 6.57. The second-order valence-corrected chi connectivity index (χ2v) is 5.15. The van der Waals surface area contributed by atoms with Gasteiger partial charge < -0.3 is 9.47 Å². The molecule has 0 fully saturated rings. The van der Waals surface area contributed by atoms with Crippen LogP contribution in [0.4, 0.5) is 0 Å². The van der Waals surface area contributed by atoms with E-state index < -0.39 is 0 Å². The van der Waals surface area contributed by atoms with E-state index in [4.69, 9.17) is 9.47 Å². The number of hydrogen-bond acceptors (Lipinski definition) is 3. The Morgan fingerprint density at radius 3 is 2.40 bits per heavy atom. The Balaban J connectivity index is 2.19. The van der Waals surface area contributed by atoms with Crippen LogP contribution < -0.4 is 9.47 Å². The van der Waals surface area contributed by atoms with Gasteiger partial charge in [0.1, 0.15) is 11.5 Å². The maximum Gasteiger partial charge on any atom is 0.168 e. The van der Waals surface area contributed by atoms with Crippen LogP contribution in [0.25, 0.3) is 0 Å². The number of halogens is 1. The maximum absolute atomic E-state index is 12.3. The number of ether oxygens (including phenoxy) is 2. The predicted octanol–water partition coefficient (Wildman–Crippen LogP) is 3.89. The van der Waals surface area contributed by atoms with E-state index in [1.54, 1.807) is 32.4 Å². The summed E-state index contributed by atoms with van der Waals surface area (Å²) in [6.07, 6.45) is 0.335. The summed E-state index contributed by atoms with van der Waals surface area (Å²) < 4.78 is 11.0. The fraction of sp³-hybridized carbons (Fsp3) is 0.188.